The molecule has 1 aromatic rings. The normalized spacial score (nSPS) is 11.7. The summed E-state index contributed by atoms with van der Waals surface area (Å²) >= 11 is 0. The van der Waals surface area contributed by atoms with E-state index in [0.717, 1.165) is 12.1 Å². The minimum absolute atomic E-state index is 0.00919. The molecule has 0 saturated carbocycles. The van der Waals surface area contributed by atoms with Crippen molar-refractivity contribution in [3.8, 4) is 0 Å². The molecule has 0 atom stereocenters. The largest absolute Gasteiger partial charge is 0.346 e. The van der Waals surface area contributed by atoms with E-state index >= 15 is 0 Å². The maximum absolute atomic E-state index is 12.8. The van der Waals surface area contributed by atoms with Crippen LogP contribution in [0.2, 0.25) is 0 Å². The van der Waals surface area contributed by atoms with E-state index in [0.29, 0.717) is 19.4 Å². The number of hydrogen-bond acceptors (Lipinski definition) is 3. The molecule has 0 aliphatic heterocycles. The summed E-state index contributed by atoms with van der Waals surface area (Å²) in [6.45, 7) is 2.74. The Bertz CT molecular complexity index is 572. The van der Waals surface area contributed by atoms with Crippen molar-refractivity contribution >= 4 is 15.9 Å². The first-order valence-electron chi connectivity index (χ1n) is 6.75. The van der Waals surface area contributed by atoms with E-state index in [1.165, 1.54) is 23.5 Å². The Balaban J connectivity index is 2.60. The summed E-state index contributed by atoms with van der Waals surface area (Å²) in [6.07, 6.45) is 0.744. The number of rotatable bonds is 7. The van der Waals surface area contributed by atoms with Crippen molar-refractivity contribution in [2.75, 3.05) is 27.2 Å². The number of nitrogens with zero attached hydrogens (tertiary/aromatic N) is 2. The number of benzene rings is 1. The van der Waals surface area contributed by atoms with Gasteiger partial charge in [-0.05, 0) is 37.6 Å². The highest BCUT2D eigenvalue weighted by atomic mass is 32.2. The maximum atomic E-state index is 12.8. The number of halogens is 1. The second-order valence-corrected chi connectivity index (χ2v) is 6.84. The Morgan fingerprint density at radius 1 is 1.19 bits per heavy atom. The van der Waals surface area contributed by atoms with Crippen molar-refractivity contribution < 1.29 is 17.6 Å². The van der Waals surface area contributed by atoms with Gasteiger partial charge in [-0.15, -0.1) is 0 Å². The highest BCUT2D eigenvalue weighted by Gasteiger charge is 2.20. The van der Waals surface area contributed by atoms with Gasteiger partial charge in [0.05, 0.1) is 4.90 Å². The molecule has 0 unspecified atom stereocenters. The van der Waals surface area contributed by atoms with Crippen LogP contribution in [-0.2, 0) is 14.8 Å². The fraction of sp³-hybridized carbons (Fsp3) is 0.500. The average Bonchev–Trinajstić information content (AvgIpc) is 2.46. The molecule has 0 aliphatic rings. The number of amides is 1. The lowest BCUT2D eigenvalue weighted by Gasteiger charge is -2.18. The van der Waals surface area contributed by atoms with Gasteiger partial charge in [-0.25, -0.2) is 17.1 Å². The van der Waals surface area contributed by atoms with Crippen LogP contribution in [-0.4, -0.2) is 50.7 Å². The van der Waals surface area contributed by atoms with E-state index < -0.39 is 15.8 Å². The lowest BCUT2D eigenvalue weighted by Crippen LogP contribution is -2.30. The number of sulfonamides is 1. The predicted molar refractivity (Wildman–Crippen MR) is 78.8 cm³/mol. The molecule has 0 fully saturated rings. The molecule has 1 rings (SSSR count). The van der Waals surface area contributed by atoms with Crippen molar-refractivity contribution in [1.82, 2.24) is 9.21 Å². The number of carbonyl (C=O) groups is 1. The highest BCUT2D eigenvalue weighted by molar-refractivity contribution is 7.89. The van der Waals surface area contributed by atoms with E-state index in [1.54, 1.807) is 11.9 Å². The summed E-state index contributed by atoms with van der Waals surface area (Å²) in [6, 6.07) is 4.69. The van der Waals surface area contributed by atoms with Crippen LogP contribution in [0.4, 0.5) is 4.39 Å². The van der Waals surface area contributed by atoms with Crippen LogP contribution in [0.1, 0.15) is 19.8 Å². The van der Waals surface area contributed by atoms with E-state index in [4.69, 9.17) is 0 Å². The van der Waals surface area contributed by atoms with Crippen LogP contribution in [0, 0.1) is 5.82 Å². The van der Waals surface area contributed by atoms with Crippen LogP contribution in [0.5, 0.6) is 0 Å². The van der Waals surface area contributed by atoms with Gasteiger partial charge in [0.15, 0.2) is 0 Å². The SMILES string of the molecule is CCN(C)C(=O)CCCN(C)S(=O)(=O)c1ccc(F)cc1. The maximum Gasteiger partial charge on any atom is 0.242 e. The molecule has 0 saturated heterocycles. The van der Waals surface area contributed by atoms with E-state index in [1.807, 2.05) is 6.92 Å². The number of hydrogen-bond donors (Lipinski definition) is 0. The summed E-state index contributed by atoms with van der Waals surface area (Å²) in [4.78, 5) is 13.3. The van der Waals surface area contributed by atoms with Crippen molar-refractivity contribution in [3.63, 3.8) is 0 Å². The van der Waals surface area contributed by atoms with Gasteiger partial charge in [-0.1, -0.05) is 0 Å². The molecule has 0 aliphatic carbocycles. The standard InChI is InChI=1S/C14H21FN2O3S/c1-4-16(2)14(18)6-5-11-17(3)21(19,20)13-9-7-12(15)8-10-13/h7-10H,4-6,11H2,1-3H3. The molecule has 7 heteroatoms. The van der Waals surface area contributed by atoms with Crippen LogP contribution >= 0.6 is 0 Å². The van der Waals surface area contributed by atoms with Gasteiger partial charge in [0.1, 0.15) is 5.82 Å². The first-order chi connectivity index (χ1) is 9.78. The molecule has 21 heavy (non-hydrogen) atoms. The second kappa shape index (κ2) is 7.51. The van der Waals surface area contributed by atoms with E-state index in [-0.39, 0.29) is 17.3 Å². The molecular weight excluding hydrogens is 295 g/mol. The molecule has 0 bridgehead atoms. The minimum Gasteiger partial charge on any atom is -0.346 e. The smallest absolute Gasteiger partial charge is 0.242 e. The molecular formula is C14H21FN2O3S. The molecule has 0 heterocycles. The third-order valence-corrected chi connectivity index (χ3v) is 5.16. The molecule has 118 valence electrons. The van der Waals surface area contributed by atoms with Crippen molar-refractivity contribution in [3.05, 3.63) is 30.1 Å². The third kappa shape index (κ3) is 4.78. The zero-order valence-electron chi connectivity index (χ0n) is 12.5. The second-order valence-electron chi connectivity index (χ2n) is 4.79. The summed E-state index contributed by atoms with van der Waals surface area (Å²) in [5.74, 6) is -0.491. The molecule has 0 aromatic heterocycles. The fourth-order valence-electron chi connectivity index (χ4n) is 1.73. The van der Waals surface area contributed by atoms with Gasteiger partial charge >= 0.3 is 0 Å². The molecule has 0 N–H and O–H groups in total. The molecule has 0 spiro atoms. The minimum atomic E-state index is -3.64. The third-order valence-electron chi connectivity index (χ3n) is 3.29. The Kier molecular flexibility index (Phi) is 6.29. The Morgan fingerprint density at radius 2 is 1.76 bits per heavy atom. The zero-order valence-corrected chi connectivity index (χ0v) is 13.4. The monoisotopic (exact) mass is 316 g/mol. The lowest BCUT2D eigenvalue weighted by atomic mass is 10.3. The summed E-state index contributed by atoms with van der Waals surface area (Å²) in [7, 11) is -0.477. The first kappa shape index (κ1) is 17.6. The number of carbonyl (C=O) groups excluding carboxylic acids is 1. The molecule has 5 nitrogen and oxygen atoms in total. The Hall–Kier alpha value is -1.47. The van der Waals surface area contributed by atoms with E-state index in [9.17, 15) is 17.6 Å². The quantitative estimate of drug-likeness (QED) is 0.769. The molecule has 1 amide bonds. The van der Waals surface area contributed by atoms with Crippen molar-refractivity contribution in [1.29, 1.82) is 0 Å². The topological polar surface area (TPSA) is 57.7 Å². The van der Waals surface area contributed by atoms with Crippen LogP contribution < -0.4 is 0 Å². The lowest BCUT2D eigenvalue weighted by molar-refractivity contribution is -0.129. The zero-order chi connectivity index (χ0) is 16.0. The molecule has 0 radical (unpaired) electrons. The van der Waals surface area contributed by atoms with Gasteiger partial charge in [0.25, 0.3) is 0 Å². The van der Waals surface area contributed by atoms with Gasteiger partial charge in [-0.2, -0.15) is 0 Å². The highest BCUT2D eigenvalue weighted by Crippen LogP contribution is 2.15. The van der Waals surface area contributed by atoms with Gasteiger partial charge in [0, 0.05) is 33.6 Å². The predicted octanol–water partition coefficient (Wildman–Crippen LogP) is 1.70. The Labute approximate surface area is 125 Å². The van der Waals surface area contributed by atoms with Crippen molar-refractivity contribution in [2.24, 2.45) is 0 Å². The average molecular weight is 316 g/mol. The van der Waals surface area contributed by atoms with Crippen LogP contribution in [0.15, 0.2) is 29.2 Å². The van der Waals surface area contributed by atoms with Gasteiger partial charge < -0.3 is 4.90 Å². The van der Waals surface area contributed by atoms with Crippen molar-refractivity contribution in [2.45, 2.75) is 24.7 Å². The molecule has 1 aromatic carbocycles. The van der Waals surface area contributed by atoms with Gasteiger partial charge in [-0.3, -0.25) is 4.79 Å². The van der Waals surface area contributed by atoms with Gasteiger partial charge in [0.2, 0.25) is 15.9 Å². The van der Waals surface area contributed by atoms with Crippen LogP contribution in [0.3, 0.4) is 0 Å². The Morgan fingerprint density at radius 3 is 2.29 bits per heavy atom. The fourth-order valence-corrected chi connectivity index (χ4v) is 2.94. The van der Waals surface area contributed by atoms with Crippen LogP contribution in [0.25, 0.3) is 0 Å². The van der Waals surface area contributed by atoms with E-state index in [2.05, 4.69) is 0 Å². The summed E-state index contributed by atoms with van der Waals surface area (Å²) in [5, 5.41) is 0. The summed E-state index contributed by atoms with van der Waals surface area (Å²) in [5.41, 5.74) is 0. The first-order valence-corrected chi connectivity index (χ1v) is 8.19. The summed E-state index contributed by atoms with van der Waals surface area (Å²) < 4.78 is 38.4.